The third kappa shape index (κ3) is 9.44. The highest BCUT2D eigenvalue weighted by Gasteiger charge is 2.66. The largest absolute Gasteiger partial charge is 0.0625 e. The third-order valence-electron chi connectivity index (χ3n) is 26.4. The highest BCUT2D eigenvalue weighted by atomic mass is 14.7. The molecular weight excluding hydrogens is 793 g/mol. The summed E-state index contributed by atoms with van der Waals surface area (Å²) in [7, 11) is 0. The zero-order chi connectivity index (χ0) is 47.5. The van der Waals surface area contributed by atoms with Crippen molar-refractivity contribution in [3.8, 4) is 0 Å². The Morgan fingerprint density at radius 2 is 0.682 bits per heavy atom. The van der Waals surface area contributed by atoms with Gasteiger partial charge < -0.3 is 0 Å². The van der Waals surface area contributed by atoms with E-state index < -0.39 is 0 Å². The Morgan fingerprint density at radius 3 is 1.03 bits per heavy atom. The monoisotopic (exact) mass is 911 g/mol. The van der Waals surface area contributed by atoms with Crippen molar-refractivity contribution in [2.24, 2.45) is 152 Å². The minimum atomic E-state index is 0.343. The van der Waals surface area contributed by atoms with Crippen LogP contribution in [0.2, 0.25) is 0 Å². The van der Waals surface area contributed by atoms with Crippen LogP contribution < -0.4 is 0 Å². The van der Waals surface area contributed by atoms with Gasteiger partial charge in [-0.05, 0) is 159 Å². The Bertz CT molecular complexity index is 1480. The zero-order valence-corrected chi connectivity index (χ0v) is 47.5. The van der Waals surface area contributed by atoms with Gasteiger partial charge in [-0.3, -0.25) is 0 Å². The van der Waals surface area contributed by atoms with Crippen molar-refractivity contribution in [2.75, 3.05) is 0 Å². The van der Waals surface area contributed by atoms with Gasteiger partial charge in [-0.15, -0.1) is 0 Å². The molecule has 66 heavy (non-hydrogen) atoms. The van der Waals surface area contributed by atoms with E-state index in [9.17, 15) is 0 Å². The average Bonchev–Trinajstić information content (AvgIpc) is 3.11. The van der Waals surface area contributed by atoms with Gasteiger partial charge in [0.25, 0.3) is 0 Å². The first kappa shape index (κ1) is 52.3. The molecule has 0 aromatic heterocycles. The van der Waals surface area contributed by atoms with Crippen LogP contribution in [0, 0.1) is 152 Å². The van der Waals surface area contributed by atoms with Gasteiger partial charge in [0.05, 0.1) is 0 Å². The number of rotatable bonds is 26. The van der Waals surface area contributed by atoms with Crippen molar-refractivity contribution in [2.45, 2.75) is 264 Å². The summed E-state index contributed by atoms with van der Waals surface area (Å²) in [5.41, 5.74) is 1.11. The van der Waals surface area contributed by atoms with E-state index in [1.165, 1.54) is 128 Å². The molecule has 0 saturated heterocycles. The fourth-order valence-corrected chi connectivity index (χ4v) is 20.5. The molecule has 0 amide bonds. The van der Waals surface area contributed by atoms with E-state index in [1.807, 2.05) is 0 Å². The average molecular weight is 912 g/mol. The van der Waals surface area contributed by atoms with Crippen LogP contribution in [0.4, 0.5) is 0 Å². The van der Waals surface area contributed by atoms with Crippen LogP contribution in [-0.4, -0.2) is 0 Å². The zero-order valence-electron chi connectivity index (χ0n) is 47.5. The van der Waals surface area contributed by atoms with Crippen LogP contribution in [0.1, 0.15) is 264 Å². The summed E-state index contributed by atoms with van der Waals surface area (Å²) < 4.78 is 0. The second-order valence-corrected chi connectivity index (χ2v) is 30.1. The van der Waals surface area contributed by atoms with Crippen LogP contribution in [0.25, 0.3) is 0 Å². The van der Waals surface area contributed by atoms with Crippen molar-refractivity contribution in [1.29, 1.82) is 0 Å². The SMILES string of the molecule is CC(C)C(C)C(C1CCC1)C(C1CCC1)C(C)(C(C1CCC1)C(C)C(C)C(C)(C(CC1CCC1)C1CCC1)C(C1CCC1)C(C)C(C)C)C(C1CCC1)C(C)(C)C(C1CCC1)C(C)C(C)C. The summed E-state index contributed by atoms with van der Waals surface area (Å²) in [5, 5.41) is 0. The summed E-state index contributed by atoms with van der Waals surface area (Å²) in [6.45, 7) is 42.6. The summed E-state index contributed by atoms with van der Waals surface area (Å²) in [6.07, 6.45) is 38.1. The molecule has 0 N–H and O–H groups in total. The third-order valence-corrected chi connectivity index (χ3v) is 26.4. The molecule has 0 aromatic rings. The van der Waals surface area contributed by atoms with E-state index in [-0.39, 0.29) is 0 Å². The maximum Gasteiger partial charge on any atom is -0.0222 e. The lowest BCUT2D eigenvalue weighted by molar-refractivity contribution is -0.215. The van der Waals surface area contributed by atoms with Gasteiger partial charge in [-0.2, -0.15) is 0 Å². The Labute approximate surface area is 414 Å². The molecule has 0 heterocycles. The van der Waals surface area contributed by atoms with Gasteiger partial charge >= 0.3 is 0 Å². The topological polar surface area (TPSA) is 0 Å². The molecule has 14 atom stereocenters. The van der Waals surface area contributed by atoms with Crippen molar-refractivity contribution < 1.29 is 0 Å². The highest BCUT2D eigenvalue weighted by Crippen LogP contribution is 2.72. The summed E-state index contributed by atoms with van der Waals surface area (Å²) >= 11 is 0. The lowest BCUT2D eigenvalue weighted by atomic mass is 9.35. The Hall–Kier alpha value is 0. The van der Waals surface area contributed by atoms with E-state index in [1.54, 1.807) is 32.1 Å². The minimum Gasteiger partial charge on any atom is -0.0625 e. The van der Waals surface area contributed by atoms with Crippen molar-refractivity contribution in [3.05, 3.63) is 0 Å². The maximum absolute atomic E-state index is 3.22. The molecule has 8 saturated carbocycles. The molecule has 0 bridgehead atoms. The lowest BCUT2D eigenvalue weighted by Crippen LogP contribution is -2.64. The van der Waals surface area contributed by atoms with Crippen LogP contribution in [0.15, 0.2) is 0 Å². The normalized spacial score (nSPS) is 30.8. The molecule has 14 unspecified atom stereocenters. The minimum absolute atomic E-state index is 0.343. The first-order valence-electron chi connectivity index (χ1n) is 31.3. The first-order valence-corrected chi connectivity index (χ1v) is 31.3. The molecule has 0 aliphatic heterocycles. The molecule has 8 aliphatic carbocycles. The van der Waals surface area contributed by atoms with Crippen molar-refractivity contribution >= 4 is 0 Å². The molecule has 0 radical (unpaired) electrons. The van der Waals surface area contributed by atoms with Crippen LogP contribution >= 0.6 is 0 Å². The predicted molar refractivity (Wildman–Crippen MR) is 288 cm³/mol. The number of hydrogen-bond donors (Lipinski definition) is 0. The molecule has 8 rings (SSSR count). The van der Waals surface area contributed by atoms with Gasteiger partial charge in [0, 0.05) is 0 Å². The lowest BCUT2D eigenvalue weighted by Gasteiger charge is -2.69. The molecule has 0 nitrogen and oxygen atoms in total. The predicted octanol–water partition coefficient (Wildman–Crippen LogP) is 20.3. The van der Waals surface area contributed by atoms with Gasteiger partial charge in [0.15, 0.2) is 0 Å². The molecule has 382 valence electrons. The maximum atomic E-state index is 3.22. The Balaban J connectivity index is 1.36. The molecular formula is C66H118. The fraction of sp³-hybridized carbons (Fsp3) is 1.00. The fourth-order valence-electron chi connectivity index (χ4n) is 20.5. The van der Waals surface area contributed by atoms with Gasteiger partial charge in [0.2, 0.25) is 0 Å². The van der Waals surface area contributed by atoms with Crippen LogP contribution in [-0.2, 0) is 0 Å². The standard InChI is InChI=1S/C66H118/c1-41(2)44(7)58(51-28-18-29-51)62(55-36-22-37-55)66(15,63(56-38-23-39-56)64(12,13)59(45(8)42(3)4)52-30-19-31-52)61(54-34-21-35-54)47(10)48(11)65(14,60(46(9)43(5)6)53-32-20-33-53)57(50-26-17-27-50)40-49-24-16-25-49/h41-63H,16-40H2,1-15H3. The van der Waals surface area contributed by atoms with E-state index in [4.69, 9.17) is 0 Å². The molecule has 8 fully saturated rings. The smallest absolute Gasteiger partial charge is 0.0222 e. The van der Waals surface area contributed by atoms with Gasteiger partial charge in [-0.1, -0.05) is 258 Å². The van der Waals surface area contributed by atoms with E-state index in [0.717, 1.165) is 136 Å². The molecule has 0 aromatic carbocycles. The Kier molecular flexibility index (Phi) is 16.8. The van der Waals surface area contributed by atoms with E-state index >= 15 is 0 Å². The quantitative estimate of drug-likeness (QED) is 0.0811. The van der Waals surface area contributed by atoms with Crippen LogP contribution in [0.3, 0.4) is 0 Å². The first-order chi connectivity index (χ1) is 31.3. The highest BCUT2D eigenvalue weighted by molar-refractivity contribution is 5.14. The molecule has 8 aliphatic rings. The Morgan fingerprint density at radius 1 is 0.333 bits per heavy atom. The second-order valence-electron chi connectivity index (χ2n) is 30.1. The second kappa shape index (κ2) is 21.2. The van der Waals surface area contributed by atoms with Gasteiger partial charge in [-0.25, -0.2) is 0 Å². The summed E-state index contributed by atoms with van der Waals surface area (Å²) in [4.78, 5) is 0. The van der Waals surface area contributed by atoms with E-state index in [2.05, 4.69) is 104 Å². The number of hydrogen-bond acceptors (Lipinski definition) is 0. The van der Waals surface area contributed by atoms with Crippen LogP contribution in [0.5, 0.6) is 0 Å². The van der Waals surface area contributed by atoms with Crippen molar-refractivity contribution in [1.82, 2.24) is 0 Å². The molecule has 0 spiro atoms. The van der Waals surface area contributed by atoms with Gasteiger partial charge in [0.1, 0.15) is 0 Å². The van der Waals surface area contributed by atoms with E-state index in [0.29, 0.717) is 16.2 Å². The summed E-state index contributed by atoms with van der Waals surface area (Å²) in [6, 6.07) is 0. The molecule has 0 heteroatoms. The van der Waals surface area contributed by atoms with Crippen molar-refractivity contribution in [3.63, 3.8) is 0 Å². The summed E-state index contributed by atoms with van der Waals surface area (Å²) in [5.74, 6) is 20.1.